The van der Waals surface area contributed by atoms with Gasteiger partial charge >= 0.3 is 0 Å². The zero-order chi connectivity index (χ0) is 24.4. The maximum atomic E-state index is 12.9. The van der Waals surface area contributed by atoms with Crippen molar-refractivity contribution in [3.8, 4) is 0 Å². The minimum Gasteiger partial charge on any atom is -0.378 e. The van der Waals surface area contributed by atoms with E-state index in [1.165, 1.54) is 27.4 Å². The van der Waals surface area contributed by atoms with Crippen LogP contribution in [0.3, 0.4) is 0 Å². The summed E-state index contributed by atoms with van der Waals surface area (Å²) in [7, 11) is 3.98. The van der Waals surface area contributed by atoms with Crippen LogP contribution >= 0.6 is 23.1 Å². The molecule has 8 heteroatoms. The summed E-state index contributed by atoms with van der Waals surface area (Å²) in [5.41, 5.74) is 4.98. The average molecular weight is 493 g/mol. The lowest BCUT2D eigenvalue weighted by molar-refractivity contribution is 0.0954. The number of benzene rings is 2. The molecule has 4 aromatic rings. The van der Waals surface area contributed by atoms with E-state index in [9.17, 15) is 9.59 Å². The molecule has 2 N–H and O–H groups in total. The van der Waals surface area contributed by atoms with Crippen LogP contribution in [0.5, 0.6) is 0 Å². The molecule has 34 heavy (non-hydrogen) atoms. The standard InChI is InChI=1S/C26H28N4O2S2/c1-15-6-7-16(2)20(12-15)33-14-21-28-24(31)22-17(3)23(34-26(22)29-21)25(32)27-13-18-8-10-19(11-9-18)30(4)5/h6-12H,13-14H2,1-5H3,(H,27,32)(H,28,29,31). The van der Waals surface area contributed by atoms with Gasteiger partial charge < -0.3 is 15.2 Å². The summed E-state index contributed by atoms with van der Waals surface area (Å²) in [5, 5.41) is 3.46. The van der Waals surface area contributed by atoms with E-state index < -0.39 is 0 Å². The summed E-state index contributed by atoms with van der Waals surface area (Å²) in [6.07, 6.45) is 0. The smallest absolute Gasteiger partial charge is 0.261 e. The van der Waals surface area contributed by atoms with Crippen molar-refractivity contribution < 1.29 is 4.79 Å². The number of hydrogen-bond donors (Lipinski definition) is 2. The fourth-order valence-electron chi connectivity index (χ4n) is 3.66. The molecule has 1 amide bonds. The summed E-state index contributed by atoms with van der Waals surface area (Å²) in [6, 6.07) is 14.4. The molecular formula is C26H28N4O2S2. The Morgan fingerprint density at radius 2 is 1.85 bits per heavy atom. The van der Waals surface area contributed by atoms with Crippen molar-refractivity contribution in [2.24, 2.45) is 0 Å². The lowest BCUT2D eigenvalue weighted by Gasteiger charge is -2.12. The van der Waals surface area contributed by atoms with Crippen molar-refractivity contribution in [1.82, 2.24) is 15.3 Å². The summed E-state index contributed by atoms with van der Waals surface area (Å²) in [4.78, 5) is 37.6. The number of carbonyl (C=O) groups excluding carboxylic acids is 1. The second-order valence-corrected chi connectivity index (χ2v) is 10.6. The van der Waals surface area contributed by atoms with Gasteiger partial charge in [0.1, 0.15) is 10.7 Å². The zero-order valence-corrected chi connectivity index (χ0v) is 21.6. The van der Waals surface area contributed by atoms with Crippen LogP contribution in [0, 0.1) is 20.8 Å². The van der Waals surface area contributed by atoms with Crippen LogP contribution in [0.25, 0.3) is 10.2 Å². The van der Waals surface area contributed by atoms with Crippen molar-refractivity contribution >= 4 is 44.9 Å². The highest BCUT2D eigenvalue weighted by atomic mass is 32.2. The van der Waals surface area contributed by atoms with Crippen LogP contribution in [0.15, 0.2) is 52.2 Å². The normalized spacial score (nSPS) is 11.1. The number of thioether (sulfide) groups is 1. The van der Waals surface area contributed by atoms with Crippen LogP contribution in [0.4, 0.5) is 5.69 Å². The van der Waals surface area contributed by atoms with Crippen molar-refractivity contribution in [3.63, 3.8) is 0 Å². The van der Waals surface area contributed by atoms with Crippen LogP contribution in [-0.4, -0.2) is 30.0 Å². The summed E-state index contributed by atoms with van der Waals surface area (Å²) in [6.45, 7) is 6.36. The highest BCUT2D eigenvalue weighted by Crippen LogP contribution is 2.29. The molecule has 0 aliphatic carbocycles. The van der Waals surface area contributed by atoms with Gasteiger partial charge in [0.25, 0.3) is 11.5 Å². The molecule has 0 saturated heterocycles. The third-order valence-electron chi connectivity index (χ3n) is 5.67. The number of hydrogen-bond acceptors (Lipinski definition) is 6. The van der Waals surface area contributed by atoms with Gasteiger partial charge in [-0.2, -0.15) is 0 Å². The van der Waals surface area contributed by atoms with Gasteiger partial charge in [0, 0.05) is 31.2 Å². The Hall–Kier alpha value is -3.10. The Morgan fingerprint density at radius 3 is 2.56 bits per heavy atom. The molecule has 0 atom stereocenters. The van der Waals surface area contributed by atoms with Crippen molar-refractivity contribution in [3.05, 3.63) is 85.8 Å². The first kappa shape index (κ1) is 24.0. The lowest BCUT2D eigenvalue weighted by Crippen LogP contribution is -2.22. The van der Waals surface area contributed by atoms with E-state index in [0.29, 0.717) is 38.8 Å². The third-order valence-corrected chi connectivity index (χ3v) is 8.02. The number of aromatic nitrogens is 2. The van der Waals surface area contributed by atoms with Gasteiger partial charge in [-0.05, 0) is 55.7 Å². The van der Waals surface area contributed by atoms with Gasteiger partial charge in [0.05, 0.1) is 16.0 Å². The Morgan fingerprint density at radius 1 is 1.12 bits per heavy atom. The fraction of sp³-hybridized carbons (Fsp3) is 0.269. The molecule has 2 heterocycles. The second kappa shape index (κ2) is 10.0. The van der Waals surface area contributed by atoms with Gasteiger partial charge in [-0.25, -0.2) is 4.98 Å². The molecule has 2 aromatic heterocycles. The molecule has 176 valence electrons. The monoisotopic (exact) mass is 492 g/mol. The Kier molecular flexibility index (Phi) is 7.09. The maximum Gasteiger partial charge on any atom is 0.261 e. The fourth-order valence-corrected chi connectivity index (χ4v) is 5.77. The van der Waals surface area contributed by atoms with E-state index in [2.05, 4.69) is 47.3 Å². The Bertz CT molecular complexity index is 1410. The summed E-state index contributed by atoms with van der Waals surface area (Å²) in [5.74, 6) is 0.970. The van der Waals surface area contributed by atoms with Crippen molar-refractivity contribution in [2.75, 3.05) is 19.0 Å². The molecule has 0 radical (unpaired) electrons. The van der Waals surface area contributed by atoms with Crippen molar-refractivity contribution in [2.45, 2.75) is 38.0 Å². The van der Waals surface area contributed by atoms with Crippen LogP contribution in [0.1, 0.15) is 37.7 Å². The zero-order valence-electron chi connectivity index (χ0n) is 20.0. The second-order valence-electron chi connectivity index (χ2n) is 8.55. The van der Waals surface area contributed by atoms with E-state index >= 15 is 0 Å². The number of aryl methyl sites for hydroxylation is 3. The van der Waals surface area contributed by atoms with Gasteiger partial charge in [-0.3, -0.25) is 9.59 Å². The van der Waals surface area contributed by atoms with Gasteiger partial charge in [0.2, 0.25) is 0 Å². The van der Waals surface area contributed by atoms with E-state index in [1.807, 2.05) is 43.3 Å². The number of rotatable bonds is 7. The molecule has 0 fully saturated rings. The molecule has 2 aromatic carbocycles. The molecular weight excluding hydrogens is 464 g/mol. The molecule has 4 rings (SSSR count). The number of amides is 1. The predicted molar refractivity (Wildman–Crippen MR) is 142 cm³/mol. The number of H-pyrrole nitrogens is 1. The summed E-state index contributed by atoms with van der Waals surface area (Å²) < 4.78 is 0. The van der Waals surface area contributed by atoms with Gasteiger partial charge in [0.15, 0.2) is 0 Å². The molecule has 0 aliphatic heterocycles. The lowest BCUT2D eigenvalue weighted by atomic mass is 10.2. The van der Waals surface area contributed by atoms with Crippen molar-refractivity contribution in [1.29, 1.82) is 0 Å². The average Bonchev–Trinajstić information content (AvgIpc) is 3.15. The first-order valence-electron chi connectivity index (χ1n) is 11.0. The van der Waals surface area contributed by atoms with E-state index in [4.69, 9.17) is 0 Å². The molecule has 0 spiro atoms. The highest BCUT2D eigenvalue weighted by molar-refractivity contribution is 7.98. The van der Waals surface area contributed by atoms with Gasteiger partial charge in [-0.1, -0.05) is 29.8 Å². The molecule has 6 nitrogen and oxygen atoms in total. The maximum absolute atomic E-state index is 12.9. The van der Waals surface area contributed by atoms with Crippen LogP contribution < -0.4 is 15.8 Å². The minimum absolute atomic E-state index is 0.192. The SMILES string of the molecule is Cc1ccc(C)c(SCc2nc3sc(C(=O)NCc4ccc(N(C)C)cc4)c(C)c3c(=O)[nH]2)c1. The molecule has 0 bridgehead atoms. The highest BCUT2D eigenvalue weighted by Gasteiger charge is 2.19. The summed E-state index contributed by atoms with van der Waals surface area (Å²) >= 11 is 2.92. The number of fused-ring (bicyclic) bond motifs is 1. The molecule has 0 unspecified atom stereocenters. The number of carbonyl (C=O) groups is 1. The molecule has 0 aliphatic rings. The van der Waals surface area contributed by atoms with Crippen LogP contribution in [-0.2, 0) is 12.3 Å². The number of anilines is 1. The Balaban J connectivity index is 1.51. The number of thiophene rings is 1. The topological polar surface area (TPSA) is 78.1 Å². The number of nitrogens with one attached hydrogen (secondary N) is 2. The number of aromatic amines is 1. The van der Waals surface area contributed by atoms with E-state index in [-0.39, 0.29) is 11.5 Å². The van der Waals surface area contributed by atoms with E-state index in [1.54, 1.807) is 18.7 Å². The largest absolute Gasteiger partial charge is 0.378 e. The quantitative estimate of drug-likeness (QED) is 0.347. The Labute approximate surface area is 207 Å². The minimum atomic E-state index is -0.200. The van der Waals surface area contributed by atoms with Crippen LogP contribution in [0.2, 0.25) is 0 Å². The van der Waals surface area contributed by atoms with E-state index in [0.717, 1.165) is 11.3 Å². The third kappa shape index (κ3) is 5.18. The van der Waals surface area contributed by atoms with Gasteiger partial charge in [-0.15, -0.1) is 23.1 Å². The first-order valence-corrected chi connectivity index (χ1v) is 12.8. The molecule has 0 saturated carbocycles. The predicted octanol–water partition coefficient (Wildman–Crippen LogP) is 5.20. The first-order chi connectivity index (χ1) is 16.2. The number of nitrogens with zero attached hydrogens (tertiary/aromatic N) is 2.